The monoisotopic (exact) mass is 459 g/mol. The Hall–Kier alpha value is -2.95. The number of ketones is 2. The molecule has 5 nitrogen and oxygen atoms in total. The van der Waals surface area contributed by atoms with Crippen LogP contribution in [0.4, 0.5) is 4.79 Å². The first-order valence-electron chi connectivity index (χ1n) is 12.9. The molecule has 34 heavy (non-hydrogen) atoms. The number of rotatable bonds is 4. The molecule has 1 amide bonds. The van der Waals surface area contributed by atoms with Crippen molar-refractivity contribution in [1.29, 1.82) is 0 Å². The molecule has 178 valence electrons. The summed E-state index contributed by atoms with van der Waals surface area (Å²) in [5.41, 5.74) is 2.42. The third-order valence-electron chi connectivity index (χ3n) is 7.84. The maximum atomic E-state index is 13.5. The second-order valence-corrected chi connectivity index (χ2v) is 10.0. The predicted octanol–water partition coefficient (Wildman–Crippen LogP) is 6.63. The number of amides is 1. The van der Waals surface area contributed by atoms with Crippen molar-refractivity contribution < 1.29 is 19.1 Å². The quantitative estimate of drug-likeness (QED) is 0.439. The number of carbonyl (C=O) groups excluding carboxylic acids is 3. The van der Waals surface area contributed by atoms with Crippen molar-refractivity contribution in [3.63, 3.8) is 0 Å². The zero-order valence-electron chi connectivity index (χ0n) is 19.9. The largest absolute Gasteiger partial charge is 0.441 e. The summed E-state index contributed by atoms with van der Waals surface area (Å²) in [7, 11) is 0. The number of fused-ring (bicyclic) bond motifs is 2. The second kappa shape index (κ2) is 9.73. The lowest BCUT2D eigenvalue weighted by Gasteiger charge is -2.41. The van der Waals surface area contributed by atoms with Crippen LogP contribution < -0.4 is 0 Å². The van der Waals surface area contributed by atoms with Gasteiger partial charge in [0.15, 0.2) is 11.6 Å². The van der Waals surface area contributed by atoms with Crippen LogP contribution in [0.3, 0.4) is 0 Å². The molecule has 3 aliphatic carbocycles. The molecule has 2 saturated carbocycles. The molecule has 0 radical (unpaired) electrons. The Morgan fingerprint density at radius 3 is 1.82 bits per heavy atom. The van der Waals surface area contributed by atoms with E-state index in [0.29, 0.717) is 22.3 Å². The minimum absolute atomic E-state index is 0.137. The van der Waals surface area contributed by atoms with E-state index in [1.807, 2.05) is 6.92 Å². The number of ether oxygens (including phenoxy) is 1. The van der Waals surface area contributed by atoms with Gasteiger partial charge in [0.25, 0.3) is 0 Å². The van der Waals surface area contributed by atoms with E-state index >= 15 is 0 Å². The molecule has 0 bridgehead atoms. The van der Waals surface area contributed by atoms with Gasteiger partial charge >= 0.3 is 6.09 Å². The molecule has 2 aromatic carbocycles. The van der Waals surface area contributed by atoms with Crippen molar-refractivity contribution in [2.24, 2.45) is 0 Å². The third kappa shape index (κ3) is 4.28. The first-order valence-corrected chi connectivity index (χ1v) is 12.9. The van der Waals surface area contributed by atoms with Gasteiger partial charge in [-0.1, -0.05) is 68.9 Å². The van der Waals surface area contributed by atoms with Crippen LogP contribution in [0, 0.1) is 0 Å². The topological polar surface area (TPSA) is 63.7 Å². The SMILES string of the molecule is CC(OC(=O)N(C1CCCCC1)C1CCCCC1)c1ccc2c(c1)C(=O)c1ccccc1C2=O. The Morgan fingerprint density at radius 2 is 1.26 bits per heavy atom. The van der Waals surface area contributed by atoms with Crippen molar-refractivity contribution in [2.75, 3.05) is 0 Å². The molecule has 0 aliphatic heterocycles. The molecule has 0 heterocycles. The van der Waals surface area contributed by atoms with Crippen LogP contribution >= 0.6 is 0 Å². The minimum Gasteiger partial charge on any atom is -0.441 e. The van der Waals surface area contributed by atoms with Crippen LogP contribution in [0.25, 0.3) is 0 Å². The van der Waals surface area contributed by atoms with E-state index in [2.05, 4.69) is 4.90 Å². The summed E-state index contributed by atoms with van der Waals surface area (Å²) in [5.74, 6) is -0.293. The molecule has 0 aromatic heterocycles. The maximum Gasteiger partial charge on any atom is 0.410 e. The number of nitrogens with zero attached hydrogens (tertiary/aromatic N) is 1. The van der Waals surface area contributed by atoms with Gasteiger partial charge in [0.1, 0.15) is 6.10 Å². The standard InChI is InChI=1S/C29H33NO4/c1-19(34-29(33)30(21-10-4-2-5-11-21)22-12-6-3-7-13-22)20-16-17-25-26(18-20)28(32)24-15-9-8-14-23(24)27(25)31/h8-9,14-19,21-22H,2-7,10-13H2,1H3. The number of hydrogen-bond donors (Lipinski definition) is 0. The highest BCUT2D eigenvalue weighted by Crippen LogP contribution is 2.33. The van der Waals surface area contributed by atoms with Crippen molar-refractivity contribution in [3.8, 4) is 0 Å². The van der Waals surface area contributed by atoms with E-state index in [9.17, 15) is 14.4 Å². The van der Waals surface area contributed by atoms with Gasteiger partial charge in [-0.05, 0) is 50.3 Å². The second-order valence-electron chi connectivity index (χ2n) is 10.0. The minimum atomic E-state index is -0.507. The molecule has 3 aliphatic rings. The van der Waals surface area contributed by atoms with Crippen molar-refractivity contribution in [1.82, 2.24) is 4.90 Å². The Kier molecular flexibility index (Phi) is 6.53. The number of benzene rings is 2. The summed E-state index contributed by atoms with van der Waals surface area (Å²) in [6.45, 7) is 1.85. The normalized spacial score (nSPS) is 19.8. The predicted molar refractivity (Wildman–Crippen MR) is 130 cm³/mol. The van der Waals surface area contributed by atoms with Gasteiger partial charge in [0, 0.05) is 34.3 Å². The summed E-state index contributed by atoms with van der Waals surface area (Å²) in [5, 5.41) is 0. The third-order valence-corrected chi connectivity index (χ3v) is 7.84. The first kappa shape index (κ1) is 22.8. The van der Waals surface area contributed by atoms with Crippen molar-refractivity contribution in [3.05, 3.63) is 70.3 Å². The Bertz CT molecular complexity index is 1080. The highest BCUT2D eigenvalue weighted by atomic mass is 16.6. The average Bonchev–Trinajstić information content (AvgIpc) is 2.88. The van der Waals surface area contributed by atoms with Gasteiger partial charge < -0.3 is 9.64 Å². The van der Waals surface area contributed by atoms with Crippen LogP contribution in [0.2, 0.25) is 0 Å². The van der Waals surface area contributed by atoms with Gasteiger partial charge in [0.05, 0.1) is 0 Å². The number of hydrogen-bond acceptors (Lipinski definition) is 4. The fraction of sp³-hybridized carbons (Fsp3) is 0.483. The molecule has 0 N–H and O–H groups in total. The Labute approximate surface area is 201 Å². The van der Waals surface area contributed by atoms with Crippen molar-refractivity contribution in [2.45, 2.75) is 89.3 Å². The molecule has 2 aromatic rings. The fourth-order valence-corrected chi connectivity index (χ4v) is 5.96. The maximum absolute atomic E-state index is 13.5. The molecule has 1 unspecified atom stereocenters. The van der Waals surface area contributed by atoms with Crippen LogP contribution in [-0.4, -0.2) is 34.6 Å². The highest BCUT2D eigenvalue weighted by Gasteiger charge is 2.35. The van der Waals surface area contributed by atoms with Gasteiger partial charge in [-0.15, -0.1) is 0 Å². The van der Waals surface area contributed by atoms with Crippen LogP contribution in [0.5, 0.6) is 0 Å². The van der Waals surface area contributed by atoms with Crippen molar-refractivity contribution >= 4 is 17.7 Å². The highest BCUT2D eigenvalue weighted by molar-refractivity contribution is 6.28. The smallest absolute Gasteiger partial charge is 0.410 e. The zero-order chi connectivity index (χ0) is 23.7. The molecular weight excluding hydrogens is 426 g/mol. The average molecular weight is 460 g/mol. The van der Waals surface area contributed by atoms with E-state index in [1.54, 1.807) is 42.5 Å². The summed E-state index contributed by atoms with van der Waals surface area (Å²) in [6.07, 6.45) is 10.6. The molecule has 0 spiro atoms. The lowest BCUT2D eigenvalue weighted by Crippen LogP contribution is -2.49. The molecule has 2 fully saturated rings. The molecule has 1 atom stereocenters. The summed E-state index contributed by atoms with van der Waals surface area (Å²) in [6, 6.07) is 12.7. The first-order chi connectivity index (χ1) is 16.5. The summed E-state index contributed by atoms with van der Waals surface area (Å²) >= 11 is 0. The fourth-order valence-electron chi connectivity index (χ4n) is 5.96. The molecule has 5 heteroatoms. The van der Waals surface area contributed by atoms with E-state index in [0.717, 1.165) is 31.2 Å². The number of carbonyl (C=O) groups is 3. The molecule has 0 saturated heterocycles. The van der Waals surface area contributed by atoms with Crippen LogP contribution in [-0.2, 0) is 4.74 Å². The van der Waals surface area contributed by atoms with E-state index in [1.165, 1.54) is 38.5 Å². The van der Waals surface area contributed by atoms with Gasteiger partial charge in [-0.3, -0.25) is 9.59 Å². The van der Waals surface area contributed by atoms with Crippen LogP contribution in [0.15, 0.2) is 42.5 Å². The van der Waals surface area contributed by atoms with E-state index in [-0.39, 0.29) is 29.7 Å². The summed E-state index contributed by atoms with van der Waals surface area (Å²) in [4.78, 5) is 41.5. The van der Waals surface area contributed by atoms with E-state index in [4.69, 9.17) is 4.74 Å². The lowest BCUT2D eigenvalue weighted by molar-refractivity contribution is 0.0252. The van der Waals surface area contributed by atoms with Gasteiger partial charge in [0.2, 0.25) is 0 Å². The zero-order valence-corrected chi connectivity index (χ0v) is 19.9. The van der Waals surface area contributed by atoms with Gasteiger partial charge in [-0.2, -0.15) is 0 Å². The Morgan fingerprint density at radius 1 is 0.765 bits per heavy atom. The lowest BCUT2D eigenvalue weighted by atomic mass is 9.83. The molecular formula is C29H33NO4. The van der Waals surface area contributed by atoms with Crippen LogP contribution in [0.1, 0.15) is 115 Å². The van der Waals surface area contributed by atoms with E-state index < -0.39 is 6.10 Å². The summed E-state index contributed by atoms with van der Waals surface area (Å²) < 4.78 is 6.02. The Balaban J connectivity index is 1.37. The molecule has 5 rings (SSSR count). The van der Waals surface area contributed by atoms with Gasteiger partial charge in [-0.25, -0.2) is 4.79 Å².